The van der Waals surface area contributed by atoms with Crippen LogP contribution in [0.1, 0.15) is 33.3 Å². The van der Waals surface area contributed by atoms with Crippen LogP contribution in [0.4, 0.5) is 0 Å². The summed E-state index contributed by atoms with van der Waals surface area (Å²) in [7, 11) is 0. The van der Waals surface area contributed by atoms with Crippen LogP contribution in [0.2, 0.25) is 0 Å². The van der Waals surface area contributed by atoms with Gasteiger partial charge in [0.25, 0.3) is 0 Å². The Morgan fingerprint density at radius 1 is 1.13 bits per heavy atom. The van der Waals surface area contributed by atoms with Gasteiger partial charge in [-0.3, -0.25) is 9.59 Å². The van der Waals surface area contributed by atoms with Crippen LogP contribution in [-0.4, -0.2) is 25.2 Å². The van der Waals surface area contributed by atoms with Crippen molar-refractivity contribution in [3.05, 3.63) is 23.8 Å². The molecule has 0 saturated heterocycles. The number of amides is 2. The van der Waals surface area contributed by atoms with Crippen LogP contribution >= 0.6 is 0 Å². The molecule has 2 rings (SSSR count). The zero-order valence-electron chi connectivity index (χ0n) is 14.1. The summed E-state index contributed by atoms with van der Waals surface area (Å²) < 4.78 is 10.6. The fourth-order valence-corrected chi connectivity index (χ4v) is 2.08. The first-order valence-corrected chi connectivity index (χ1v) is 7.76. The van der Waals surface area contributed by atoms with Gasteiger partial charge in [0.05, 0.1) is 0 Å². The van der Waals surface area contributed by atoms with Crippen LogP contribution in [0.5, 0.6) is 11.5 Å². The van der Waals surface area contributed by atoms with Crippen molar-refractivity contribution < 1.29 is 19.1 Å². The molecule has 0 aliphatic carbocycles. The van der Waals surface area contributed by atoms with Gasteiger partial charge in [0.1, 0.15) is 5.41 Å². The second-order valence-electron chi connectivity index (χ2n) is 6.60. The molecule has 0 aromatic heterocycles. The van der Waals surface area contributed by atoms with Gasteiger partial charge in [-0.15, -0.1) is 0 Å². The van der Waals surface area contributed by atoms with Gasteiger partial charge in [-0.05, 0) is 37.5 Å². The largest absolute Gasteiger partial charge is 0.454 e. The molecule has 1 aliphatic heterocycles. The van der Waals surface area contributed by atoms with E-state index in [2.05, 4.69) is 10.6 Å². The minimum absolute atomic E-state index is 0.216. The van der Waals surface area contributed by atoms with E-state index in [-0.39, 0.29) is 18.6 Å². The molecule has 1 aliphatic rings. The van der Waals surface area contributed by atoms with Crippen molar-refractivity contribution in [1.29, 1.82) is 0 Å². The van der Waals surface area contributed by atoms with Gasteiger partial charge in [-0.1, -0.05) is 19.9 Å². The van der Waals surface area contributed by atoms with E-state index in [0.29, 0.717) is 30.5 Å². The van der Waals surface area contributed by atoms with Crippen LogP contribution in [0.25, 0.3) is 0 Å². The number of fused-ring (bicyclic) bond motifs is 1. The Labute approximate surface area is 136 Å². The summed E-state index contributed by atoms with van der Waals surface area (Å²) in [4.78, 5) is 24.5. The predicted octanol–water partition coefficient (Wildman–Crippen LogP) is 1.83. The first-order valence-electron chi connectivity index (χ1n) is 7.76. The minimum Gasteiger partial charge on any atom is -0.454 e. The van der Waals surface area contributed by atoms with E-state index in [1.807, 2.05) is 32.0 Å². The van der Waals surface area contributed by atoms with Crippen molar-refractivity contribution in [2.45, 2.75) is 34.2 Å². The Bertz CT molecular complexity index is 596. The monoisotopic (exact) mass is 320 g/mol. The summed E-state index contributed by atoms with van der Waals surface area (Å²) in [6, 6.07) is 5.50. The van der Waals surface area contributed by atoms with Gasteiger partial charge >= 0.3 is 0 Å². The lowest BCUT2D eigenvalue weighted by molar-refractivity contribution is -0.141. The molecule has 1 aromatic carbocycles. The second kappa shape index (κ2) is 6.89. The molecule has 1 heterocycles. The molecule has 0 bridgehead atoms. The summed E-state index contributed by atoms with van der Waals surface area (Å²) in [5, 5.41) is 5.60. The molecule has 6 nitrogen and oxygen atoms in total. The Hall–Kier alpha value is -2.24. The van der Waals surface area contributed by atoms with Crippen molar-refractivity contribution in [3.8, 4) is 11.5 Å². The number of benzene rings is 1. The molecule has 0 unspecified atom stereocenters. The van der Waals surface area contributed by atoms with E-state index in [1.54, 1.807) is 13.8 Å². The summed E-state index contributed by atoms with van der Waals surface area (Å²) in [6.07, 6.45) is 0. The highest BCUT2D eigenvalue weighted by Gasteiger charge is 2.35. The fourth-order valence-electron chi connectivity index (χ4n) is 2.08. The van der Waals surface area contributed by atoms with Gasteiger partial charge in [-0.25, -0.2) is 0 Å². The Kier molecular flexibility index (Phi) is 5.13. The maximum absolute atomic E-state index is 12.3. The molecule has 0 atom stereocenters. The molecule has 1 aromatic rings. The number of nitrogens with one attached hydrogen (secondary N) is 2. The zero-order chi connectivity index (χ0) is 17.0. The summed E-state index contributed by atoms with van der Waals surface area (Å²) in [5.74, 6) is 1.14. The molecular formula is C17H24N2O4. The van der Waals surface area contributed by atoms with Gasteiger partial charge < -0.3 is 20.1 Å². The number of carbonyl (C=O) groups is 2. The predicted molar refractivity (Wildman–Crippen MR) is 86.0 cm³/mol. The fraction of sp³-hybridized carbons (Fsp3) is 0.529. The third-order valence-corrected chi connectivity index (χ3v) is 3.70. The number of hydrogen-bond acceptors (Lipinski definition) is 4. The number of ether oxygens (including phenoxy) is 2. The van der Waals surface area contributed by atoms with E-state index < -0.39 is 5.41 Å². The Morgan fingerprint density at radius 2 is 1.78 bits per heavy atom. The van der Waals surface area contributed by atoms with Crippen molar-refractivity contribution in [2.75, 3.05) is 13.3 Å². The Balaban J connectivity index is 1.91. The molecule has 2 N–H and O–H groups in total. The average molecular weight is 320 g/mol. The molecule has 0 saturated carbocycles. The standard InChI is InChI=1S/C17H24N2O4/c1-11(2)8-18-15(20)17(3,4)16(21)19-9-12-5-6-13-14(7-12)23-10-22-13/h5-7,11H,8-10H2,1-4H3,(H,18,20)(H,19,21). The molecule has 2 amide bonds. The maximum Gasteiger partial charge on any atom is 0.235 e. The lowest BCUT2D eigenvalue weighted by atomic mass is 9.90. The quantitative estimate of drug-likeness (QED) is 0.784. The van der Waals surface area contributed by atoms with Gasteiger partial charge in [0.2, 0.25) is 18.6 Å². The molecule has 23 heavy (non-hydrogen) atoms. The average Bonchev–Trinajstić information content (AvgIpc) is 2.97. The summed E-state index contributed by atoms with van der Waals surface area (Å²) in [5.41, 5.74) is -0.230. The van der Waals surface area contributed by atoms with Crippen LogP contribution < -0.4 is 20.1 Å². The smallest absolute Gasteiger partial charge is 0.235 e. The molecule has 0 spiro atoms. The van der Waals surface area contributed by atoms with E-state index >= 15 is 0 Å². The zero-order valence-corrected chi connectivity index (χ0v) is 14.1. The van der Waals surface area contributed by atoms with Crippen LogP contribution in [0, 0.1) is 11.3 Å². The molecular weight excluding hydrogens is 296 g/mol. The van der Waals surface area contributed by atoms with Gasteiger partial charge in [0, 0.05) is 13.1 Å². The van der Waals surface area contributed by atoms with Gasteiger partial charge in [0.15, 0.2) is 11.5 Å². The molecule has 126 valence electrons. The SMILES string of the molecule is CC(C)CNC(=O)C(C)(C)C(=O)NCc1ccc2c(c1)OCO2. The number of hydrogen-bond donors (Lipinski definition) is 2. The number of carbonyl (C=O) groups excluding carboxylic acids is 2. The third kappa shape index (κ3) is 4.15. The lowest BCUT2D eigenvalue weighted by Crippen LogP contribution is -2.48. The topological polar surface area (TPSA) is 76.7 Å². The van der Waals surface area contributed by atoms with Crippen molar-refractivity contribution in [1.82, 2.24) is 10.6 Å². The van der Waals surface area contributed by atoms with Crippen LogP contribution in [0.3, 0.4) is 0 Å². The molecule has 0 fully saturated rings. The highest BCUT2D eigenvalue weighted by Crippen LogP contribution is 2.32. The third-order valence-electron chi connectivity index (χ3n) is 3.70. The normalized spacial score (nSPS) is 13.1. The van der Waals surface area contributed by atoms with E-state index in [0.717, 1.165) is 5.56 Å². The maximum atomic E-state index is 12.3. The first kappa shape index (κ1) is 17.1. The highest BCUT2D eigenvalue weighted by atomic mass is 16.7. The number of rotatable bonds is 6. The van der Waals surface area contributed by atoms with Crippen molar-refractivity contribution in [2.24, 2.45) is 11.3 Å². The van der Waals surface area contributed by atoms with Crippen LogP contribution in [-0.2, 0) is 16.1 Å². The van der Waals surface area contributed by atoms with E-state index in [9.17, 15) is 9.59 Å². The first-order chi connectivity index (χ1) is 10.8. The molecule has 0 radical (unpaired) electrons. The highest BCUT2D eigenvalue weighted by molar-refractivity contribution is 6.04. The van der Waals surface area contributed by atoms with Crippen molar-refractivity contribution in [3.63, 3.8) is 0 Å². The lowest BCUT2D eigenvalue weighted by Gasteiger charge is -2.23. The minimum atomic E-state index is -1.12. The van der Waals surface area contributed by atoms with E-state index in [1.165, 1.54) is 0 Å². The van der Waals surface area contributed by atoms with Gasteiger partial charge in [-0.2, -0.15) is 0 Å². The molecule has 6 heteroatoms. The van der Waals surface area contributed by atoms with E-state index in [4.69, 9.17) is 9.47 Å². The summed E-state index contributed by atoms with van der Waals surface area (Å²) in [6.45, 7) is 8.36. The van der Waals surface area contributed by atoms with Crippen LogP contribution in [0.15, 0.2) is 18.2 Å². The second-order valence-corrected chi connectivity index (χ2v) is 6.60. The Morgan fingerprint density at radius 3 is 2.48 bits per heavy atom. The summed E-state index contributed by atoms with van der Waals surface area (Å²) >= 11 is 0. The van der Waals surface area contributed by atoms with Crippen molar-refractivity contribution >= 4 is 11.8 Å².